The van der Waals surface area contributed by atoms with Crippen molar-refractivity contribution in [2.45, 2.75) is 13.2 Å². The number of carbonyl (C=O) groups is 1. The van der Waals surface area contributed by atoms with Crippen LogP contribution in [0.5, 0.6) is 11.5 Å². The number of carbonyl (C=O) groups excluding carboxylic acids is 1. The summed E-state index contributed by atoms with van der Waals surface area (Å²) >= 11 is 15.4. The Morgan fingerprint density at radius 1 is 1.10 bits per heavy atom. The summed E-state index contributed by atoms with van der Waals surface area (Å²) < 4.78 is 13.3. The summed E-state index contributed by atoms with van der Waals surface area (Å²) in [5.41, 5.74) is 4.86. The molecule has 0 aliphatic rings. The summed E-state index contributed by atoms with van der Waals surface area (Å²) in [5.74, 6) is 0.482. The molecule has 0 atom stereocenters. The third-order valence-corrected chi connectivity index (χ3v) is 6.69. The van der Waals surface area contributed by atoms with E-state index in [1.54, 1.807) is 53.3 Å². The number of aromatic nitrogens is 2. The van der Waals surface area contributed by atoms with Gasteiger partial charge in [-0.1, -0.05) is 41.4 Å². The van der Waals surface area contributed by atoms with Crippen LogP contribution in [0.4, 0.5) is 5.69 Å². The predicted molar refractivity (Wildman–Crippen MR) is 151 cm³/mol. The molecule has 1 amide bonds. The number of benzene rings is 3. The molecular weight excluding hydrogens is 613 g/mol. The van der Waals surface area contributed by atoms with Gasteiger partial charge >= 0.3 is 0 Å². The van der Waals surface area contributed by atoms with E-state index in [9.17, 15) is 14.9 Å². The van der Waals surface area contributed by atoms with E-state index in [0.29, 0.717) is 38.1 Å². The van der Waals surface area contributed by atoms with Gasteiger partial charge in [0.2, 0.25) is 0 Å². The zero-order valence-electron chi connectivity index (χ0n) is 20.3. The van der Waals surface area contributed by atoms with Gasteiger partial charge in [-0.05, 0) is 63.0 Å². The minimum Gasteiger partial charge on any atom is -0.493 e. The first-order valence-corrected chi connectivity index (χ1v) is 12.8. The van der Waals surface area contributed by atoms with Gasteiger partial charge in [0.15, 0.2) is 17.2 Å². The number of nitro benzene ring substituents is 1. The highest BCUT2D eigenvalue weighted by Gasteiger charge is 2.15. The molecule has 13 heteroatoms. The molecule has 0 unspecified atom stereocenters. The lowest BCUT2D eigenvalue weighted by molar-refractivity contribution is -0.384. The number of nitrogens with one attached hydrogen (secondary N) is 1. The van der Waals surface area contributed by atoms with Gasteiger partial charge in [0.25, 0.3) is 11.6 Å². The molecule has 10 nitrogen and oxygen atoms in total. The molecule has 0 aliphatic carbocycles. The lowest BCUT2D eigenvalue weighted by atomic mass is 10.2. The molecule has 4 aromatic rings. The molecule has 4 rings (SSSR count). The summed E-state index contributed by atoms with van der Waals surface area (Å²) in [7, 11) is 1.54. The van der Waals surface area contributed by atoms with Crippen LogP contribution in [-0.2, 0) is 13.2 Å². The van der Waals surface area contributed by atoms with Gasteiger partial charge < -0.3 is 9.47 Å². The van der Waals surface area contributed by atoms with Crippen molar-refractivity contribution in [3.05, 3.63) is 114 Å². The van der Waals surface area contributed by atoms with Crippen LogP contribution < -0.4 is 14.9 Å². The third kappa shape index (κ3) is 7.34. The number of hydrogen-bond acceptors (Lipinski definition) is 7. The standard InChI is InChI=1S/C26H20BrCl2N5O5/c1-38-23-9-5-17(11-24(23)39-15-18-4-8-21(28)22(29)10-18)12-30-31-26(35)25-20(27)14-33(32-25)13-16-2-6-19(7-3-16)34(36)37/h2-12,14H,13,15H2,1H3,(H,31,35). The fourth-order valence-corrected chi connectivity index (χ4v) is 4.25. The number of hydrazone groups is 1. The minimum atomic E-state index is -0.523. The number of hydrogen-bond donors (Lipinski definition) is 1. The van der Waals surface area contributed by atoms with Crippen LogP contribution >= 0.6 is 39.1 Å². The van der Waals surface area contributed by atoms with Crippen LogP contribution in [0.3, 0.4) is 0 Å². The average Bonchev–Trinajstić information content (AvgIpc) is 3.29. The molecule has 0 radical (unpaired) electrons. The number of amides is 1. The summed E-state index contributed by atoms with van der Waals surface area (Å²) in [6.45, 7) is 0.561. The van der Waals surface area contributed by atoms with Crippen LogP contribution in [0.1, 0.15) is 27.2 Å². The van der Waals surface area contributed by atoms with E-state index >= 15 is 0 Å². The van der Waals surface area contributed by atoms with Crippen molar-refractivity contribution in [2.75, 3.05) is 7.11 Å². The SMILES string of the molecule is COc1ccc(C=NNC(=O)c2nn(Cc3ccc([N+](=O)[O-])cc3)cc2Br)cc1OCc1ccc(Cl)c(Cl)c1. The Hall–Kier alpha value is -3.93. The van der Waals surface area contributed by atoms with Crippen molar-refractivity contribution in [1.29, 1.82) is 0 Å². The van der Waals surface area contributed by atoms with Crippen LogP contribution in [0.2, 0.25) is 10.0 Å². The highest BCUT2D eigenvalue weighted by Crippen LogP contribution is 2.29. The Morgan fingerprint density at radius 2 is 1.85 bits per heavy atom. The molecular formula is C26H20BrCl2N5O5. The molecule has 1 aromatic heterocycles. The van der Waals surface area contributed by atoms with E-state index in [2.05, 4.69) is 31.6 Å². The van der Waals surface area contributed by atoms with Crippen molar-refractivity contribution in [3.63, 3.8) is 0 Å². The van der Waals surface area contributed by atoms with Crippen molar-refractivity contribution in [1.82, 2.24) is 15.2 Å². The first-order chi connectivity index (χ1) is 18.7. The lowest BCUT2D eigenvalue weighted by Gasteiger charge is -2.12. The van der Waals surface area contributed by atoms with E-state index in [1.807, 2.05) is 6.07 Å². The molecule has 0 saturated carbocycles. The Morgan fingerprint density at radius 3 is 2.54 bits per heavy atom. The van der Waals surface area contributed by atoms with Gasteiger partial charge in [-0.15, -0.1) is 0 Å². The van der Waals surface area contributed by atoms with Gasteiger partial charge in [0, 0.05) is 18.3 Å². The topological polar surface area (TPSA) is 121 Å². The van der Waals surface area contributed by atoms with Gasteiger partial charge in [0.1, 0.15) is 6.61 Å². The van der Waals surface area contributed by atoms with Crippen LogP contribution in [0.15, 0.2) is 76.4 Å². The summed E-state index contributed by atoms with van der Waals surface area (Å²) in [5, 5.41) is 20.0. The predicted octanol–water partition coefficient (Wildman–Crippen LogP) is 6.26. The second-order valence-electron chi connectivity index (χ2n) is 8.09. The van der Waals surface area contributed by atoms with Crippen LogP contribution in [0.25, 0.3) is 0 Å². The third-order valence-electron chi connectivity index (χ3n) is 5.37. The van der Waals surface area contributed by atoms with Gasteiger partial charge in [-0.2, -0.15) is 10.2 Å². The Kier molecular flexibility index (Phi) is 9.18. The quantitative estimate of drug-likeness (QED) is 0.125. The number of nitrogens with zero attached hydrogens (tertiary/aromatic N) is 4. The van der Waals surface area contributed by atoms with Crippen LogP contribution in [0, 0.1) is 10.1 Å². The maximum Gasteiger partial charge on any atom is 0.293 e. The highest BCUT2D eigenvalue weighted by molar-refractivity contribution is 9.10. The molecule has 0 bridgehead atoms. The molecule has 39 heavy (non-hydrogen) atoms. The first-order valence-electron chi connectivity index (χ1n) is 11.3. The zero-order valence-corrected chi connectivity index (χ0v) is 23.4. The Bertz CT molecular complexity index is 1540. The summed E-state index contributed by atoms with van der Waals surface area (Å²) in [4.78, 5) is 23.0. The van der Waals surface area contributed by atoms with Crippen molar-refractivity contribution in [3.8, 4) is 11.5 Å². The number of ether oxygens (including phenoxy) is 2. The van der Waals surface area contributed by atoms with Crippen molar-refractivity contribution in [2.24, 2.45) is 5.10 Å². The highest BCUT2D eigenvalue weighted by atomic mass is 79.9. The number of halogens is 3. The summed E-state index contributed by atoms with van der Waals surface area (Å²) in [6.07, 6.45) is 3.10. The number of methoxy groups -OCH3 is 1. The van der Waals surface area contributed by atoms with E-state index in [-0.39, 0.29) is 18.0 Å². The molecule has 0 fully saturated rings. The first kappa shape index (κ1) is 28.1. The van der Waals surface area contributed by atoms with Gasteiger partial charge in [-0.3, -0.25) is 19.6 Å². The molecule has 200 valence electrons. The maximum absolute atomic E-state index is 12.6. The van der Waals surface area contributed by atoms with Gasteiger partial charge in [0.05, 0.1) is 39.3 Å². The molecule has 0 spiro atoms. The number of nitro groups is 1. The van der Waals surface area contributed by atoms with E-state index in [1.165, 1.54) is 25.5 Å². The summed E-state index contributed by atoms with van der Waals surface area (Å²) in [6, 6.07) is 16.5. The molecule has 0 aliphatic heterocycles. The smallest absolute Gasteiger partial charge is 0.293 e. The lowest BCUT2D eigenvalue weighted by Crippen LogP contribution is -2.19. The maximum atomic E-state index is 12.6. The Labute approximate surface area is 241 Å². The normalized spacial score (nSPS) is 11.0. The fraction of sp³-hybridized carbons (Fsp3) is 0.115. The van der Waals surface area contributed by atoms with E-state index < -0.39 is 10.8 Å². The van der Waals surface area contributed by atoms with E-state index in [0.717, 1.165) is 11.1 Å². The van der Waals surface area contributed by atoms with Crippen molar-refractivity contribution < 1.29 is 19.2 Å². The second kappa shape index (κ2) is 12.7. The zero-order chi connectivity index (χ0) is 27.9. The van der Waals surface area contributed by atoms with Crippen molar-refractivity contribution >= 4 is 56.9 Å². The Balaban J connectivity index is 1.39. The number of rotatable bonds is 10. The average molecular weight is 633 g/mol. The molecule has 3 aromatic carbocycles. The molecule has 1 N–H and O–H groups in total. The second-order valence-corrected chi connectivity index (χ2v) is 9.76. The molecule has 0 saturated heterocycles. The largest absolute Gasteiger partial charge is 0.493 e. The number of non-ortho nitro benzene ring substituents is 1. The van der Waals surface area contributed by atoms with E-state index in [4.69, 9.17) is 32.7 Å². The van der Waals surface area contributed by atoms with Crippen LogP contribution in [-0.4, -0.2) is 33.9 Å². The fourth-order valence-electron chi connectivity index (χ4n) is 3.44. The van der Waals surface area contributed by atoms with Gasteiger partial charge in [-0.25, -0.2) is 5.43 Å². The monoisotopic (exact) mass is 631 g/mol. The minimum absolute atomic E-state index is 0.000312. The molecule has 1 heterocycles.